The van der Waals surface area contributed by atoms with E-state index in [-0.39, 0.29) is 18.1 Å². The van der Waals surface area contributed by atoms with Crippen molar-refractivity contribution in [1.82, 2.24) is 15.0 Å². The number of carbonyl (C=O) groups is 1. The molecular weight excluding hydrogens is 293 g/mol. The van der Waals surface area contributed by atoms with E-state index in [1.54, 1.807) is 18.2 Å². The average Bonchev–Trinajstić information content (AvgIpc) is 3.06. The third-order valence-electron chi connectivity index (χ3n) is 2.91. The highest BCUT2D eigenvalue weighted by atomic mass is 32.1. The van der Waals surface area contributed by atoms with Crippen LogP contribution in [0, 0.1) is 5.82 Å². The Labute approximate surface area is 123 Å². The van der Waals surface area contributed by atoms with Crippen molar-refractivity contribution in [2.45, 2.75) is 6.54 Å². The maximum Gasteiger partial charge on any atom is 0.358 e. The molecule has 21 heavy (non-hydrogen) atoms. The van der Waals surface area contributed by atoms with Crippen molar-refractivity contribution in [3.63, 3.8) is 0 Å². The zero-order valence-corrected chi connectivity index (χ0v) is 11.5. The highest BCUT2D eigenvalue weighted by Crippen LogP contribution is 2.27. The van der Waals surface area contributed by atoms with Gasteiger partial charge in [-0.3, -0.25) is 0 Å². The van der Waals surface area contributed by atoms with Gasteiger partial charge in [-0.1, -0.05) is 23.4 Å². The fourth-order valence-corrected chi connectivity index (χ4v) is 2.81. The molecule has 2 heterocycles. The Hall–Kier alpha value is -2.54. The standard InChI is InChI=1S/C14H10FN3O2S/c15-10-4-1-3-9(7-10)8-18-13(11-5-2-6-21-11)12(14(19)20)16-17-18/h1-7H,8H2,(H,19,20). The molecule has 0 saturated heterocycles. The number of aromatic carboxylic acids is 1. The summed E-state index contributed by atoms with van der Waals surface area (Å²) in [6, 6.07) is 9.73. The summed E-state index contributed by atoms with van der Waals surface area (Å²) in [7, 11) is 0. The predicted octanol–water partition coefficient (Wildman–Crippen LogP) is 2.89. The van der Waals surface area contributed by atoms with Crippen molar-refractivity contribution in [3.05, 3.63) is 58.9 Å². The minimum atomic E-state index is -1.14. The first kappa shape index (κ1) is 13.4. The van der Waals surface area contributed by atoms with E-state index in [4.69, 9.17) is 0 Å². The Morgan fingerprint density at radius 2 is 2.19 bits per heavy atom. The van der Waals surface area contributed by atoms with E-state index in [2.05, 4.69) is 10.3 Å². The summed E-state index contributed by atoms with van der Waals surface area (Å²) in [6.45, 7) is 0.255. The summed E-state index contributed by atoms with van der Waals surface area (Å²) in [6.07, 6.45) is 0. The van der Waals surface area contributed by atoms with Crippen LogP contribution in [0.4, 0.5) is 4.39 Å². The van der Waals surface area contributed by atoms with Gasteiger partial charge in [-0.15, -0.1) is 16.4 Å². The first-order valence-corrected chi connectivity index (χ1v) is 6.98. The van der Waals surface area contributed by atoms with Crippen molar-refractivity contribution in [2.75, 3.05) is 0 Å². The molecule has 0 aliphatic rings. The zero-order valence-electron chi connectivity index (χ0n) is 10.7. The molecule has 7 heteroatoms. The van der Waals surface area contributed by atoms with Gasteiger partial charge in [-0.05, 0) is 29.1 Å². The van der Waals surface area contributed by atoms with Gasteiger partial charge in [0.25, 0.3) is 0 Å². The number of carboxylic acid groups (broad SMARTS) is 1. The van der Waals surface area contributed by atoms with E-state index in [9.17, 15) is 14.3 Å². The van der Waals surface area contributed by atoms with E-state index >= 15 is 0 Å². The number of aromatic nitrogens is 3. The van der Waals surface area contributed by atoms with Crippen molar-refractivity contribution in [1.29, 1.82) is 0 Å². The van der Waals surface area contributed by atoms with Crippen LogP contribution < -0.4 is 0 Å². The number of halogens is 1. The number of benzene rings is 1. The second-order valence-corrected chi connectivity index (χ2v) is 5.30. The molecule has 0 aliphatic carbocycles. The number of hydrogen-bond donors (Lipinski definition) is 1. The molecule has 1 N–H and O–H groups in total. The molecule has 0 spiro atoms. The SMILES string of the molecule is O=C(O)c1nnn(Cc2cccc(F)c2)c1-c1cccs1. The van der Waals surface area contributed by atoms with Gasteiger partial charge in [0.15, 0.2) is 5.69 Å². The Morgan fingerprint density at radius 3 is 2.86 bits per heavy atom. The summed E-state index contributed by atoms with van der Waals surface area (Å²) in [4.78, 5) is 12.0. The van der Waals surface area contributed by atoms with Crippen LogP contribution in [0.3, 0.4) is 0 Å². The van der Waals surface area contributed by atoms with Gasteiger partial charge in [0, 0.05) is 0 Å². The highest BCUT2D eigenvalue weighted by Gasteiger charge is 2.21. The first-order chi connectivity index (χ1) is 10.1. The molecule has 0 atom stereocenters. The minimum absolute atomic E-state index is 0.103. The summed E-state index contributed by atoms with van der Waals surface area (Å²) in [5.41, 5.74) is 1.02. The molecular formula is C14H10FN3O2S. The molecule has 0 unspecified atom stereocenters. The molecule has 2 aromatic heterocycles. The zero-order chi connectivity index (χ0) is 14.8. The lowest BCUT2D eigenvalue weighted by atomic mass is 10.2. The lowest BCUT2D eigenvalue weighted by molar-refractivity contribution is 0.0691. The third kappa shape index (κ3) is 2.68. The van der Waals surface area contributed by atoms with Crippen LogP contribution in [0.5, 0.6) is 0 Å². The second kappa shape index (κ2) is 5.45. The van der Waals surface area contributed by atoms with Gasteiger partial charge in [0.1, 0.15) is 11.5 Å². The van der Waals surface area contributed by atoms with Gasteiger partial charge in [0.05, 0.1) is 11.4 Å². The third-order valence-corrected chi connectivity index (χ3v) is 3.79. The van der Waals surface area contributed by atoms with Crippen LogP contribution in [-0.4, -0.2) is 26.1 Å². The average molecular weight is 303 g/mol. The molecule has 3 aromatic rings. The van der Waals surface area contributed by atoms with Gasteiger partial charge in [0.2, 0.25) is 0 Å². The molecule has 0 amide bonds. The monoisotopic (exact) mass is 303 g/mol. The number of hydrogen-bond acceptors (Lipinski definition) is 4. The predicted molar refractivity (Wildman–Crippen MR) is 75.8 cm³/mol. The van der Waals surface area contributed by atoms with E-state index in [0.29, 0.717) is 11.3 Å². The summed E-state index contributed by atoms with van der Waals surface area (Å²) >= 11 is 1.40. The molecule has 106 valence electrons. The van der Waals surface area contributed by atoms with Crippen molar-refractivity contribution in [3.8, 4) is 10.6 Å². The molecule has 0 aliphatic heterocycles. The Kier molecular flexibility index (Phi) is 3.49. The molecule has 1 aromatic carbocycles. The molecule has 0 fully saturated rings. The van der Waals surface area contributed by atoms with Crippen LogP contribution in [-0.2, 0) is 6.54 Å². The molecule has 5 nitrogen and oxygen atoms in total. The molecule has 0 radical (unpaired) electrons. The fraction of sp³-hybridized carbons (Fsp3) is 0.0714. The summed E-state index contributed by atoms with van der Waals surface area (Å²) < 4.78 is 14.7. The van der Waals surface area contributed by atoms with Gasteiger partial charge >= 0.3 is 5.97 Å². The topological polar surface area (TPSA) is 68.0 Å². The van der Waals surface area contributed by atoms with E-state index < -0.39 is 5.97 Å². The summed E-state index contributed by atoms with van der Waals surface area (Å²) in [5.74, 6) is -1.48. The highest BCUT2D eigenvalue weighted by molar-refractivity contribution is 7.13. The van der Waals surface area contributed by atoms with E-state index in [1.165, 1.54) is 28.2 Å². The Balaban J connectivity index is 2.05. The Morgan fingerprint density at radius 1 is 1.33 bits per heavy atom. The van der Waals surface area contributed by atoms with Crippen molar-refractivity contribution in [2.24, 2.45) is 0 Å². The molecule has 3 rings (SSSR count). The lowest BCUT2D eigenvalue weighted by Gasteiger charge is -2.06. The maximum absolute atomic E-state index is 13.2. The maximum atomic E-state index is 13.2. The van der Waals surface area contributed by atoms with Crippen LogP contribution in [0.2, 0.25) is 0 Å². The van der Waals surface area contributed by atoms with Crippen LogP contribution >= 0.6 is 11.3 Å². The largest absolute Gasteiger partial charge is 0.476 e. The second-order valence-electron chi connectivity index (χ2n) is 4.36. The number of thiophene rings is 1. The lowest BCUT2D eigenvalue weighted by Crippen LogP contribution is -2.05. The van der Waals surface area contributed by atoms with Gasteiger partial charge in [-0.2, -0.15) is 0 Å². The van der Waals surface area contributed by atoms with Crippen molar-refractivity contribution < 1.29 is 14.3 Å². The molecule has 0 bridgehead atoms. The Bertz CT molecular complexity index is 783. The normalized spacial score (nSPS) is 10.7. The van der Waals surface area contributed by atoms with Gasteiger partial charge in [-0.25, -0.2) is 13.9 Å². The first-order valence-electron chi connectivity index (χ1n) is 6.10. The van der Waals surface area contributed by atoms with Gasteiger partial charge < -0.3 is 5.11 Å². The summed E-state index contributed by atoms with van der Waals surface area (Å²) in [5, 5.41) is 18.7. The minimum Gasteiger partial charge on any atom is -0.476 e. The van der Waals surface area contributed by atoms with Crippen LogP contribution in [0.25, 0.3) is 10.6 Å². The smallest absolute Gasteiger partial charge is 0.358 e. The van der Waals surface area contributed by atoms with E-state index in [1.807, 2.05) is 11.4 Å². The van der Waals surface area contributed by atoms with Crippen LogP contribution in [0.1, 0.15) is 16.1 Å². The van der Waals surface area contributed by atoms with Crippen molar-refractivity contribution >= 4 is 17.3 Å². The van der Waals surface area contributed by atoms with E-state index in [0.717, 1.165) is 4.88 Å². The van der Waals surface area contributed by atoms with Crippen LogP contribution in [0.15, 0.2) is 41.8 Å². The quantitative estimate of drug-likeness (QED) is 0.804. The number of rotatable bonds is 4. The number of nitrogens with zero attached hydrogens (tertiary/aromatic N) is 3. The fourth-order valence-electron chi connectivity index (χ4n) is 2.03. The molecule has 0 saturated carbocycles. The number of carboxylic acids is 1.